The SMILES string of the molecule is O=C(NCc1cccnc1-c1cccnc1)c1cc(-c2cccnc2)on1. The number of aromatic nitrogens is 4. The van der Waals surface area contributed by atoms with Crippen LogP contribution in [-0.4, -0.2) is 26.0 Å². The number of carbonyl (C=O) groups is 1. The van der Waals surface area contributed by atoms with Crippen LogP contribution in [0.15, 0.2) is 78.0 Å². The van der Waals surface area contributed by atoms with E-state index in [-0.39, 0.29) is 11.6 Å². The zero-order valence-electron chi connectivity index (χ0n) is 14.2. The van der Waals surface area contributed by atoms with Crippen molar-refractivity contribution in [3.05, 3.63) is 84.7 Å². The lowest BCUT2D eigenvalue weighted by atomic mass is 10.1. The highest BCUT2D eigenvalue weighted by Crippen LogP contribution is 2.21. The molecule has 0 unspecified atom stereocenters. The van der Waals surface area contributed by atoms with Crippen LogP contribution in [0, 0.1) is 0 Å². The Morgan fingerprint density at radius 3 is 2.44 bits per heavy atom. The third kappa shape index (κ3) is 3.72. The predicted octanol–water partition coefficient (Wildman–Crippen LogP) is 3.12. The van der Waals surface area contributed by atoms with Crippen LogP contribution in [0.2, 0.25) is 0 Å². The Balaban J connectivity index is 1.49. The molecule has 27 heavy (non-hydrogen) atoms. The number of hydrogen-bond donors (Lipinski definition) is 1. The molecule has 0 saturated heterocycles. The summed E-state index contributed by atoms with van der Waals surface area (Å²) in [5, 5.41) is 6.70. The van der Waals surface area contributed by atoms with Crippen LogP contribution in [-0.2, 0) is 6.54 Å². The lowest BCUT2D eigenvalue weighted by molar-refractivity contribution is 0.0942. The van der Waals surface area contributed by atoms with E-state index < -0.39 is 0 Å². The average Bonchev–Trinajstić information content (AvgIpc) is 3.24. The van der Waals surface area contributed by atoms with E-state index in [9.17, 15) is 4.79 Å². The first-order valence-electron chi connectivity index (χ1n) is 8.31. The lowest BCUT2D eigenvalue weighted by Crippen LogP contribution is -2.23. The second-order valence-corrected chi connectivity index (χ2v) is 5.75. The van der Waals surface area contributed by atoms with E-state index in [1.54, 1.807) is 43.1 Å². The Labute approximate surface area is 155 Å². The number of hydrogen-bond acceptors (Lipinski definition) is 6. The molecule has 132 valence electrons. The summed E-state index contributed by atoms with van der Waals surface area (Å²) < 4.78 is 5.25. The van der Waals surface area contributed by atoms with Crippen LogP contribution >= 0.6 is 0 Å². The van der Waals surface area contributed by atoms with Crippen LogP contribution in [0.3, 0.4) is 0 Å². The van der Waals surface area contributed by atoms with Crippen LogP contribution in [0.5, 0.6) is 0 Å². The molecule has 0 radical (unpaired) electrons. The van der Waals surface area contributed by atoms with Gasteiger partial charge in [0, 0.05) is 54.7 Å². The number of nitrogens with zero attached hydrogens (tertiary/aromatic N) is 4. The summed E-state index contributed by atoms with van der Waals surface area (Å²) in [5.74, 6) is 0.167. The molecule has 4 aromatic rings. The summed E-state index contributed by atoms with van der Waals surface area (Å²) >= 11 is 0. The van der Waals surface area contributed by atoms with Gasteiger partial charge in [-0.1, -0.05) is 11.2 Å². The minimum Gasteiger partial charge on any atom is -0.355 e. The monoisotopic (exact) mass is 357 g/mol. The maximum atomic E-state index is 12.4. The number of amides is 1. The maximum Gasteiger partial charge on any atom is 0.273 e. The third-order valence-corrected chi connectivity index (χ3v) is 3.95. The largest absolute Gasteiger partial charge is 0.355 e. The molecule has 4 aromatic heterocycles. The van der Waals surface area contributed by atoms with Crippen molar-refractivity contribution in [2.75, 3.05) is 0 Å². The van der Waals surface area contributed by atoms with Gasteiger partial charge in [-0.2, -0.15) is 0 Å². The quantitative estimate of drug-likeness (QED) is 0.590. The molecular formula is C20H15N5O2. The van der Waals surface area contributed by atoms with Crippen molar-refractivity contribution in [3.63, 3.8) is 0 Å². The fraction of sp³-hybridized carbons (Fsp3) is 0.0500. The number of carbonyl (C=O) groups excluding carboxylic acids is 1. The normalized spacial score (nSPS) is 10.5. The van der Waals surface area contributed by atoms with Gasteiger partial charge in [0.2, 0.25) is 0 Å². The Morgan fingerprint density at radius 2 is 1.70 bits per heavy atom. The highest BCUT2D eigenvalue weighted by molar-refractivity contribution is 5.93. The van der Waals surface area contributed by atoms with Crippen molar-refractivity contribution >= 4 is 5.91 Å². The van der Waals surface area contributed by atoms with E-state index in [4.69, 9.17) is 4.52 Å². The lowest BCUT2D eigenvalue weighted by Gasteiger charge is -2.08. The Morgan fingerprint density at radius 1 is 0.963 bits per heavy atom. The number of rotatable bonds is 5. The van der Waals surface area contributed by atoms with Crippen molar-refractivity contribution in [2.24, 2.45) is 0 Å². The molecular weight excluding hydrogens is 342 g/mol. The molecule has 0 fully saturated rings. The molecule has 7 heteroatoms. The van der Waals surface area contributed by atoms with Crippen molar-refractivity contribution in [2.45, 2.75) is 6.54 Å². The number of pyridine rings is 3. The molecule has 1 N–H and O–H groups in total. The first-order valence-corrected chi connectivity index (χ1v) is 8.31. The summed E-state index contributed by atoms with van der Waals surface area (Å²) in [6.45, 7) is 0.311. The maximum absolute atomic E-state index is 12.4. The summed E-state index contributed by atoms with van der Waals surface area (Å²) in [6.07, 6.45) is 8.48. The smallest absolute Gasteiger partial charge is 0.273 e. The fourth-order valence-corrected chi connectivity index (χ4v) is 2.64. The minimum atomic E-state index is -0.324. The van der Waals surface area contributed by atoms with Crippen LogP contribution in [0.4, 0.5) is 0 Å². The molecule has 1 amide bonds. The number of nitrogens with one attached hydrogen (secondary N) is 1. The second-order valence-electron chi connectivity index (χ2n) is 5.75. The molecule has 4 rings (SSSR count). The van der Waals surface area contributed by atoms with E-state index >= 15 is 0 Å². The predicted molar refractivity (Wildman–Crippen MR) is 98.4 cm³/mol. The summed E-state index contributed by atoms with van der Waals surface area (Å²) in [7, 11) is 0. The zero-order valence-corrected chi connectivity index (χ0v) is 14.2. The van der Waals surface area contributed by atoms with Gasteiger partial charge in [0.15, 0.2) is 11.5 Å². The van der Waals surface area contributed by atoms with Gasteiger partial charge in [0.25, 0.3) is 5.91 Å². The highest BCUT2D eigenvalue weighted by Gasteiger charge is 2.14. The first-order chi connectivity index (χ1) is 13.3. The topological polar surface area (TPSA) is 93.8 Å². The van der Waals surface area contributed by atoms with Crippen molar-refractivity contribution in [1.29, 1.82) is 0 Å². The van der Waals surface area contributed by atoms with E-state index in [0.717, 1.165) is 22.4 Å². The molecule has 7 nitrogen and oxygen atoms in total. The van der Waals surface area contributed by atoms with E-state index in [2.05, 4.69) is 25.4 Å². The molecule has 0 spiro atoms. The van der Waals surface area contributed by atoms with Gasteiger partial charge in [-0.3, -0.25) is 19.7 Å². The van der Waals surface area contributed by atoms with Gasteiger partial charge >= 0.3 is 0 Å². The van der Waals surface area contributed by atoms with Crippen LogP contribution in [0.1, 0.15) is 16.1 Å². The summed E-state index contributed by atoms with van der Waals surface area (Å²) in [6, 6.07) is 12.8. The van der Waals surface area contributed by atoms with Gasteiger partial charge in [0.05, 0.1) is 5.69 Å². The Hall–Kier alpha value is -3.87. The molecule has 0 bridgehead atoms. The summed E-state index contributed by atoms with van der Waals surface area (Å²) in [5.41, 5.74) is 3.52. The van der Waals surface area contributed by atoms with Crippen LogP contribution < -0.4 is 5.32 Å². The molecule has 0 aliphatic rings. The molecule has 4 heterocycles. The molecule has 0 atom stereocenters. The van der Waals surface area contributed by atoms with Gasteiger partial charge in [0.1, 0.15) is 0 Å². The third-order valence-electron chi connectivity index (χ3n) is 3.95. The van der Waals surface area contributed by atoms with E-state index in [1.807, 2.05) is 30.3 Å². The van der Waals surface area contributed by atoms with Crippen LogP contribution in [0.25, 0.3) is 22.6 Å². The first kappa shape index (κ1) is 16.6. The van der Waals surface area contributed by atoms with E-state index in [0.29, 0.717) is 12.3 Å². The molecule has 0 aromatic carbocycles. The minimum absolute atomic E-state index is 0.209. The second kappa shape index (κ2) is 7.57. The molecule has 0 aliphatic heterocycles. The van der Waals surface area contributed by atoms with Gasteiger partial charge in [-0.05, 0) is 35.9 Å². The standard InChI is InChI=1S/C20H15N5O2/c26-20(17-10-18(27-25-17)14-4-1-7-21-11-14)24-13-16-6-3-9-23-19(16)15-5-2-8-22-12-15/h1-12H,13H2,(H,24,26). The highest BCUT2D eigenvalue weighted by atomic mass is 16.5. The van der Waals surface area contributed by atoms with E-state index in [1.165, 1.54) is 0 Å². The van der Waals surface area contributed by atoms with Gasteiger partial charge in [-0.15, -0.1) is 0 Å². The van der Waals surface area contributed by atoms with Crippen molar-refractivity contribution < 1.29 is 9.32 Å². The van der Waals surface area contributed by atoms with Gasteiger partial charge < -0.3 is 9.84 Å². The van der Waals surface area contributed by atoms with Crippen molar-refractivity contribution in [1.82, 2.24) is 25.4 Å². The zero-order chi connectivity index (χ0) is 18.5. The average molecular weight is 357 g/mol. The molecule has 0 aliphatic carbocycles. The van der Waals surface area contributed by atoms with Gasteiger partial charge in [-0.25, -0.2) is 0 Å². The Bertz CT molecular complexity index is 1050. The van der Waals surface area contributed by atoms with Crippen molar-refractivity contribution in [3.8, 4) is 22.6 Å². The Kier molecular flexibility index (Phi) is 4.65. The fourth-order valence-electron chi connectivity index (χ4n) is 2.64. The summed E-state index contributed by atoms with van der Waals surface area (Å²) in [4.78, 5) is 25.0. The molecule has 0 saturated carbocycles.